The third kappa shape index (κ3) is 2.66. The van der Waals surface area contributed by atoms with Crippen molar-refractivity contribution in [3.8, 4) is 0 Å². The largest absolute Gasteiger partial charge is 0.0825 e. The maximum Gasteiger partial charge on any atom is 0.0617 e. The zero-order valence-corrected chi connectivity index (χ0v) is 11.4. The summed E-state index contributed by atoms with van der Waals surface area (Å²) in [5, 5.41) is 0.799. The fraction of sp³-hybridized carbons (Fsp3) is 0. The van der Waals surface area contributed by atoms with Crippen LogP contribution in [0.2, 0.25) is 0 Å². The van der Waals surface area contributed by atoms with E-state index in [1.54, 1.807) is 0 Å². The number of hydrogen-bond donors (Lipinski definition) is 0. The summed E-state index contributed by atoms with van der Waals surface area (Å²) in [7, 11) is 0. The molecule has 2 aromatic carbocycles. The zero-order chi connectivity index (χ0) is 11.4. The molecular formula is C14H10ClI. The third-order valence-corrected chi connectivity index (χ3v) is 4.14. The second kappa shape index (κ2) is 5.51. The molecule has 2 heteroatoms. The predicted molar refractivity (Wildman–Crippen MR) is 79.6 cm³/mol. The number of hydrogen-bond acceptors (Lipinski definition) is 0. The van der Waals surface area contributed by atoms with Gasteiger partial charge in [-0.1, -0.05) is 72.3 Å². The summed E-state index contributed by atoms with van der Waals surface area (Å²) in [4.78, 5) is 0. The van der Waals surface area contributed by atoms with Gasteiger partial charge < -0.3 is 0 Å². The summed E-state index contributed by atoms with van der Waals surface area (Å²) in [6.07, 6.45) is 0. The average molecular weight is 341 g/mol. The third-order valence-electron chi connectivity index (χ3n) is 2.25. The van der Waals surface area contributed by atoms with E-state index in [-0.39, 0.29) is 0 Å². The van der Waals surface area contributed by atoms with E-state index in [2.05, 4.69) is 34.7 Å². The van der Waals surface area contributed by atoms with Crippen LogP contribution in [-0.2, 0) is 0 Å². The van der Waals surface area contributed by atoms with E-state index in [1.807, 2.05) is 48.5 Å². The Morgan fingerprint density at radius 3 is 1.69 bits per heavy atom. The van der Waals surface area contributed by atoms with Crippen LogP contribution in [0.1, 0.15) is 11.1 Å². The molecule has 0 atom stereocenters. The first-order chi connectivity index (χ1) is 7.79. The fourth-order valence-corrected chi connectivity index (χ4v) is 2.33. The number of benzene rings is 2. The minimum atomic E-state index is 0.799. The smallest absolute Gasteiger partial charge is 0.0617 e. The van der Waals surface area contributed by atoms with Crippen LogP contribution in [0.3, 0.4) is 0 Å². The van der Waals surface area contributed by atoms with E-state index >= 15 is 0 Å². The quantitative estimate of drug-likeness (QED) is 0.521. The summed E-state index contributed by atoms with van der Waals surface area (Å²) < 4.78 is 1.08. The van der Waals surface area contributed by atoms with Crippen LogP contribution in [-0.4, -0.2) is 0 Å². The number of halogens is 2. The van der Waals surface area contributed by atoms with Crippen molar-refractivity contribution in [3.05, 3.63) is 71.8 Å². The van der Waals surface area contributed by atoms with Crippen LogP contribution < -0.4 is 0 Å². The highest BCUT2D eigenvalue weighted by atomic mass is 127. The summed E-state index contributed by atoms with van der Waals surface area (Å²) in [5.74, 6) is 0. The van der Waals surface area contributed by atoms with Gasteiger partial charge in [0.25, 0.3) is 0 Å². The van der Waals surface area contributed by atoms with Crippen molar-refractivity contribution < 1.29 is 0 Å². The van der Waals surface area contributed by atoms with Gasteiger partial charge in [-0.3, -0.25) is 0 Å². The summed E-state index contributed by atoms with van der Waals surface area (Å²) >= 11 is 8.65. The normalized spacial score (nSPS) is 12.1. The Balaban J connectivity index is 2.43. The van der Waals surface area contributed by atoms with Gasteiger partial charge in [-0.25, -0.2) is 0 Å². The molecule has 0 radical (unpaired) electrons. The highest BCUT2D eigenvalue weighted by Crippen LogP contribution is 2.33. The zero-order valence-electron chi connectivity index (χ0n) is 8.53. The standard InChI is InChI=1S/C14H10ClI/c15-13(11-7-3-1-4-8-11)14(16)12-9-5-2-6-10-12/h1-10H. The molecule has 16 heavy (non-hydrogen) atoms. The van der Waals surface area contributed by atoms with Crippen LogP contribution in [0.15, 0.2) is 60.7 Å². The van der Waals surface area contributed by atoms with E-state index in [0.29, 0.717) is 0 Å². The lowest BCUT2D eigenvalue weighted by Crippen LogP contribution is -1.81. The van der Waals surface area contributed by atoms with Crippen molar-refractivity contribution >= 4 is 42.8 Å². The van der Waals surface area contributed by atoms with Gasteiger partial charge in [0.1, 0.15) is 0 Å². The van der Waals surface area contributed by atoms with Crippen molar-refractivity contribution in [1.82, 2.24) is 0 Å². The van der Waals surface area contributed by atoms with E-state index in [1.165, 1.54) is 0 Å². The molecule has 0 nitrogen and oxygen atoms in total. The average Bonchev–Trinajstić information content (AvgIpc) is 2.39. The lowest BCUT2D eigenvalue weighted by molar-refractivity contribution is 1.63. The molecule has 2 aromatic rings. The fourth-order valence-electron chi connectivity index (χ4n) is 1.42. The Bertz CT molecular complexity index is 441. The van der Waals surface area contributed by atoms with Crippen molar-refractivity contribution in [2.75, 3.05) is 0 Å². The van der Waals surface area contributed by atoms with Gasteiger partial charge in [0.2, 0.25) is 0 Å². The molecule has 0 heterocycles. The minimum Gasteiger partial charge on any atom is -0.0825 e. The van der Waals surface area contributed by atoms with Crippen LogP contribution in [0.4, 0.5) is 0 Å². The van der Waals surface area contributed by atoms with Gasteiger partial charge in [-0.2, -0.15) is 0 Å². The first kappa shape index (κ1) is 11.7. The molecule has 0 aliphatic heterocycles. The Hall–Kier alpha value is -0.800. The van der Waals surface area contributed by atoms with Gasteiger partial charge in [-0.05, 0) is 33.7 Å². The Morgan fingerprint density at radius 2 is 1.19 bits per heavy atom. The maximum atomic E-state index is 6.36. The van der Waals surface area contributed by atoms with E-state index < -0.39 is 0 Å². The number of rotatable bonds is 2. The van der Waals surface area contributed by atoms with E-state index in [9.17, 15) is 0 Å². The van der Waals surface area contributed by atoms with Crippen LogP contribution in [0.5, 0.6) is 0 Å². The Labute approximate surface area is 114 Å². The molecule has 2 rings (SSSR count). The Kier molecular flexibility index (Phi) is 4.02. The van der Waals surface area contributed by atoms with Crippen LogP contribution in [0.25, 0.3) is 8.61 Å². The SMILES string of the molecule is ClC(=C(I)c1ccccc1)c1ccccc1. The summed E-state index contributed by atoms with van der Waals surface area (Å²) in [6, 6.07) is 20.2. The highest BCUT2D eigenvalue weighted by Gasteiger charge is 2.05. The molecule has 0 saturated carbocycles. The lowest BCUT2D eigenvalue weighted by Gasteiger charge is -2.04. The molecule has 0 saturated heterocycles. The molecule has 0 bridgehead atoms. The molecule has 0 unspecified atom stereocenters. The van der Waals surface area contributed by atoms with E-state index in [0.717, 1.165) is 19.7 Å². The van der Waals surface area contributed by atoms with Crippen molar-refractivity contribution in [2.24, 2.45) is 0 Å². The molecule has 0 aliphatic carbocycles. The minimum absolute atomic E-state index is 0.799. The second-order valence-electron chi connectivity index (χ2n) is 3.36. The predicted octanol–water partition coefficient (Wildman–Crippen LogP) is 5.19. The van der Waals surface area contributed by atoms with Gasteiger partial charge >= 0.3 is 0 Å². The maximum absolute atomic E-state index is 6.36. The van der Waals surface area contributed by atoms with Gasteiger partial charge in [0, 0.05) is 3.58 Å². The molecule has 0 aliphatic rings. The summed E-state index contributed by atoms with van der Waals surface area (Å²) in [5.41, 5.74) is 2.20. The Morgan fingerprint density at radius 1 is 0.750 bits per heavy atom. The van der Waals surface area contributed by atoms with Crippen molar-refractivity contribution in [1.29, 1.82) is 0 Å². The first-order valence-electron chi connectivity index (χ1n) is 4.95. The van der Waals surface area contributed by atoms with Gasteiger partial charge in [0.15, 0.2) is 0 Å². The molecule has 80 valence electrons. The van der Waals surface area contributed by atoms with Crippen LogP contribution >= 0.6 is 34.2 Å². The topological polar surface area (TPSA) is 0 Å². The molecule has 0 spiro atoms. The lowest BCUT2D eigenvalue weighted by atomic mass is 10.1. The monoisotopic (exact) mass is 340 g/mol. The van der Waals surface area contributed by atoms with Crippen molar-refractivity contribution in [2.45, 2.75) is 0 Å². The summed E-state index contributed by atoms with van der Waals surface area (Å²) in [6.45, 7) is 0. The van der Waals surface area contributed by atoms with Gasteiger partial charge in [0.05, 0.1) is 5.03 Å². The molecule has 0 amide bonds. The van der Waals surface area contributed by atoms with Gasteiger partial charge in [-0.15, -0.1) is 0 Å². The second-order valence-corrected chi connectivity index (χ2v) is 4.82. The van der Waals surface area contributed by atoms with Crippen molar-refractivity contribution in [3.63, 3.8) is 0 Å². The molecular weight excluding hydrogens is 331 g/mol. The first-order valence-corrected chi connectivity index (χ1v) is 6.41. The molecule has 0 N–H and O–H groups in total. The highest BCUT2D eigenvalue weighted by molar-refractivity contribution is 14.1. The molecule has 0 fully saturated rings. The molecule has 0 aromatic heterocycles. The van der Waals surface area contributed by atoms with Crippen LogP contribution in [0, 0.1) is 0 Å². The van der Waals surface area contributed by atoms with E-state index in [4.69, 9.17) is 11.6 Å².